The summed E-state index contributed by atoms with van der Waals surface area (Å²) in [6.07, 6.45) is 3.34. The van der Waals surface area contributed by atoms with Crippen molar-refractivity contribution in [2.24, 2.45) is 5.73 Å². The van der Waals surface area contributed by atoms with Crippen LogP contribution in [0.3, 0.4) is 0 Å². The molecule has 80 valence electrons. The van der Waals surface area contributed by atoms with Crippen molar-refractivity contribution in [3.8, 4) is 0 Å². The molecular weight excluding hydrogens is 222 g/mol. The Bertz CT molecular complexity index is 500. The monoisotopic (exact) mass is 231 g/mol. The van der Waals surface area contributed by atoms with Crippen molar-refractivity contribution in [2.45, 2.75) is 10.2 Å². The highest BCUT2D eigenvalue weighted by Gasteiger charge is 2.03. The van der Waals surface area contributed by atoms with Crippen molar-refractivity contribution < 1.29 is 0 Å². The SMILES string of the molecule is N=C(N)c1cccc(Sc2ncccn2)n1. The summed E-state index contributed by atoms with van der Waals surface area (Å²) in [4.78, 5) is 12.4. The zero-order valence-electron chi connectivity index (χ0n) is 8.29. The van der Waals surface area contributed by atoms with Gasteiger partial charge in [-0.3, -0.25) is 5.41 Å². The molecule has 0 aliphatic carbocycles. The number of rotatable bonds is 3. The van der Waals surface area contributed by atoms with E-state index in [1.807, 2.05) is 6.07 Å². The van der Waals surface area contributed by atoms with E-state index in [9.17, 15) is 0 Å². The average Bonchev–Trinajstić information content (AvgIpc) is 2.30. The second-order valence-corrected chi connectivity index (χ2v) is 3.90. The molecule has 0 spiro atoms. The lowest BCUT2D eigenvalue weighted by Gasteiger charge is -2.01. The van der Waals surface area contributed by atoms with E-state index < -0.39 is 0 Å². The molecule has 5 nitrogen and oxygen atoms in total. The first-order chi connectivity index (χ1) is 7.75. The van der Waals surface area contributed by atoms with E-state index in [1.54, 1.807) is 30.6 Å². The highest BCUT2D eigenvalue weighted by Crippen LogP contribution is 2.21. The van der Waals surface area contributed by atoms with Gasteiger partial charge in [0.15, 0.2) is 5.16 Å². The third kappa shape index (κ3) is 2.54. The summed E-state index contributed by atoms with van der Waals surface area (Å²) < 4.78 is 0. The second-order valence-electron chi connectivity index (χ2n) is 2.91. The van der Waals surface area contributed by atoms with Gasteiger partial charge in [-0.05, 0) is 30.0 Å². The number of nitrogen functional groups attached to an aromatic ring is 1. The summed E-state index contributed by atoms with van der Waals surface area (Å²) in [5, 5.41) is 8.63. The first-order valence-corrected chi connectivity index (χ1v) is 5.33. The molecule has 0 saturated carbocycles. The lowest BCUT2D eigenvalue weighted by molar-refractivity contribution is 0.959. The van der Waals surface area contributed by atoms with Crippen LogP contribution in [0.1, 0.15) is 5.69 Å². The van der Waals surface area contributed by atoms with Gasteiger partial charge in [0, 0.05) is 12.4 Å². The summed E-state index contributed by atoms with van der Waals surface area (Å²) in [6, 6.07) is 7.07. The number of hydrogen-bond acceptors (Lipinski definition) is 5. The number of aromatic nitrogens is 3. The molecule has 16 heavy (non-hydrogen) atoms. The Morgan fingerprint density at radius 1 is 1.19 bits per heavy atom. The van der Waals surface area contributed by atoms with Crippen LogP contribution in [0.5, 0.6) is 0 Å². The highest BCUT2D eigenvalue weighted by atomic mass is 32.2. The summed E-state index contributed by atoms with van der Waals surface area (Å²) in [5.74, 6) is -0.0450. The number of nitrogens with zero attached hydrogens (tertiary/aromatic N) is 3. The number of hydrogen-bond donors (Lipinski definition) is 2. The molecule has 0 aromatic carbocycles. The fraction of sp³-hybridized carbons (Fsp3) is 0. The van der Waals surface area contributed by atoms with E-state index in [4.69, 9.17) is 11.1 Å². The molecule has 0 fully saturated rings. The minimum atomic E-state index is -0.0450. The largest absolute Gasteiger partial charge is 0.382 e. The van der Waals surface area contributed by atoms with Crippen LogP contribution in [0, 0.1) is 5.41 Å². The lowest BCUT2D eigenvalue weighted by atomic mass is 10.3. The number of amidine groups is 1. The van der Waals surface area contributed by atoms with E-state index in [2.05, 4.69) is 15.0 Å². The summed E-state index contributed by atoms with van der Waals surface area (Å²) in [6.45, 7) is 0. The normalized spacial score (nSPS) is 10.0. The van der Waals surface area contributed by atoms with Gasteiger partial charge in [-0.2, -0.15) is 0 Å². The zero-order chi connectivity index (χ0) is 11.4. The van der Waals surface area contributed by atoms with Gasteiger partial charge in [0.25, 0.3) is 0 Å². The molecule has 2 aromatic rings. The molecule has 0 bridgehead atoms. The maximum atomic E-state index is 7.29. The van der Waals surface area contributed by atoms with Crippen molar-refractivity contribution >= 4 is 17.6 Å². The molecule has 0 amide bonds. The molecule has 0 aliphatic rings. The molecule has 0 aliphatic heterocycles. The van der Waals surface area contributed by atoms with Crippen LogP contribution < -0.4 is 5.73 Å². The second kappa shape index (κ2) is 4.71. The smallest absolute Gasteiger partial charge is 0.193 e. The molecule has 2 aromatic heterocycles. The van der Waals surface area contributed by atoms with Crippen molar-refractivity contribution in [3.05, 3.63) is 42.4 Å². The molecule has 6 heteroatoms. The van der Waals surface area contributed by atoms with Crippen LogP contribution in [-0.4, -0.2) is 20.8 Å². The first kappa shape index (κ1) is 10.6. The van der Waals surface area contributed by atoms with E-state index in [1.165, 1.54) is 11.8 Å². The van der Waals surface area contributed by atoms with Crippen molar-refractivity contribution in [3.63, 3.8) is 0 Å². The maximum absolute atomic E-state index is 7.29. The van der Waals surface area contributed by atoms with Gasteiger partial charge < -0.3 is 5.73 Å². The van der Waals surface area contributed by atoms with E-state index in [0.717, 1.165) is 5.03 Å². The third-order valence-electron chi connectivity index (χ3n) is 1.74. The van der Waals surface area contributed by atoms with E-state index in [0.29, 0.717) is 10.9 Å². The molecule has 0 atom stereocenters. The third-order valence-corrected chi connectivity index (χ3v) is 2.57. The Morgan fingerprint density at radius 2 is 1.94 bits per heavy atom. The molecule has 3 N–H and O–H groups in total. The van der Waals surface area contributed by atoms with Gasteiger partial charge in [0.2, 0.25) is 0 Å². The molecule has 0 saturated heterocycles. The molecule has 0 unspecified atom stereocenters. The van der Waals surface area contributed by atoms with E-state index in [-0.39, 0.29) is 5.84 Å². The topological polar surface area (TPSA) is 88.5 Å². The Balaban J connectivity index is 2.22. The fourth-order valence-corrected chi connectivity index (χ4v) is 1.76. The Hall–Kier alpha value is -1.95. The zero-order valence-corrected chi connectivity index (χ0v) is 9.11. The molecule has 2 heterocycles. The lowest BCUT2D eigenvalue weighted by Crippen LogP contribution is -2.13. The summed E-state index contributed by atoms with van der Waals surface area (Å²) in [7, 11) is 0. The van der Waals surface area contributed by atoms with Gasteiger partial charge in [0.1, 0.15) is 16.6 Å². The minimum Gasteiger partial charge on any atom is -0.382 e. The Morgan fingerprint density at radius 3 is 2.62 bits per heavy atom. The van der Waals surface area contributed by atoms with Crippen molar-refractivity contribution in [2.75, 3.05) is 0 Å². The van der Waals surface area contributed by atoms with Crippen LogP contribution in [0.25, 0.3) is 0 Å². The number of nitrogens with one attached hydrogen (secondary N) is 1. The van der Waals surface area contributed by atoms with Gasteiger partial charge in [-0.25, -0.2) is 15.0 Å². The predicted octanol–water partition coefficient (Wildman–Crippen LogP) is 1.31. The van der Waals surface area contributed by atoms with Gasteiger partial charge in [-0.1, -0.05) is 6.07 Å². The standard InChI is InChI=1S/C10H9N5S/c11-9(12)7-3-1-4-8(15-7)16-10-13-5-2-6-14-10/h1-6H,(H3,11,12). The molecule has 0 radical (unpaired) electrons. The first-order valence-electron chi connectivity index (χ1n) is 4.52. The van der Waals surface area contributed by atoms with Crippen LogP contribution in [0.4, 0.5) is 0 Å². The number of pyridine rings is 1. The summed E-state index contributed by atoms with van der Waals surface area (Å²) in [5.41, 5.74) is 5.82. The molecular formula is C10H9N5S. The van der Waals surface area contributed by atoms with Crippen LogP contribution in [0.2, 0.25) is 0 Å². The molecule has 2 rings (SSSR count). The minimum absolute atomic E-state index is 0.0450. The van der Waals surface area contributed by atoms with Crippen LogP contribution in [-0.2, 0) is 0 Å². The van der Waals surface area contributed by atoms with Crippen LogP contribution >= 0.6 is 11.8 Å². The Labute approximate surface area is 96.7 Å². The van der Waals surface area contributed by atoms with Gasteiger partial charge in [0.05, 0.1) is 0 Å². The highest BCUT2D eigenvalue weighted by molar-refractivity contribution is 7.99. The quantitative estimate of drug-likeness (QED) is 0.472. The predicted molar refractivity (Wildman–Crippen MR) is 61.4 cm³/mol. The number of nitrogens with two attached hydrogens (primary N) is 1. The Kier molecular flexibility index (Phi) is 3.11. The average molecular weight is 231 g/mol. The van der Waals surface area contributed by atoms with Crippen molar-refractivity contribution in [1.29, 1.82) is 5.41 Å². The van der Waals surface area contributed by atoms with E-state index >= 15 is 0 Å². The van der Waals surface area contributed by atoms with Gasteiger partial charge >= 0.3 is 0 Å². The van der Waals surface area contributed by atoms with Crippen LogP contribution in [0.15, 0.2) is 46.8 Å². The fourth-order valence-electron chi connectivity index (χ4n) is 1.05. The summed E-state index contributed by atoms with van der Waals surface area (Å²) >= 11 is 1.33. The van der Waals surface area contributed by atoms with Crippen molar-refractivity contribution in [1.82, 2.24) is 15.0 Å². The van der Waals surface area contributed by atoms with Gasteiger partial charge in [-0.15, -0.1) is 0 Å². The maximum Gasteiger partial charge on any atom is 0.193 e.